The van der Waals surface area contributed by atoms with Gasteiger partial charge in [-0.25, -0.2) is 8.42 Å². The number of nitrogens with zero attached hydrogens (tertiary/aromatic N) is 2. The van der Waals surface area contributed by atoms with Crippen molar-refractivity contribution in [2.75, 3.05) is 7.05 Å². The Morgan fingerprint density at radius 1 is 1.22 bits per heavy atom. The van der Waals surface area contributed by atoms with Crippen LogP contribution in [0.25, 0.3) is 0 Å². The average molecular weight is 419 g/mol. The Balaban J connectivity index is 2.21. The van der Waals surface area contributed by atoms with Crippen LogP contribution >= 0.6 is 11.6 Å². The Labute approximate surface area is 158 Å². The first-order valence-corrected chi connectivity index (χ1v) is 9.27. The summed E-state index contributed by atoms with van der Waals surface area (Å²) in [5.74, 6) is -4.10. The molecule has 0 aliphatic carbocycles. The van der Waals surface area contributed by atoms with Gasteiger partial charge in [0.1, 0.15) is 0 Å². The van der Waals surface area contributed by atoms with E-state index in [1.165, 1.54) is 30.1 Å². The Hall–Kier alpha value is -2.59. The molecule has 0 atom stereocenters. The number of halogens is 3. The number of amides is 1. The number of sulfone groups is 1. The first-order chi connectivity index (χ1) is 12.5. The molecule has 2 aromatic rings. The summed E-state index contributed by atoms with van der Waals surface area (Å²) in [6.07, 6.45) is 0. The topological polar surface area (TPSA) is 97.6 Å². The van der Waals surface area contributed by atoms with E-state index in [4.69, 9.17) is 11.6 Å². The van der Waals surface area contributed by atoms with Gasteiger partial charge >= 0.3 is 5.76 Å². The van der Waals surface area contributed by atoms with Gasteiger partial charge in [0, 0.05) is 36.3 Å². The zero-order chi connectivity index (χ0) is 20.4. The third-order valence-corrected chi connectivity index (χ3v) is 5.43. The quantitative estimate of drug-likeness (QED) is 0.528. The summed E-state index contributed by atoms with van der Waals surface area (Å²) in [5, 5.41) is 11.1. The fourth-order valence-electron chi connectivity index (χ4n) is 2.23. The van der Waals surface area contributed by atoms with Gasteiger partial charge in [0.25, 0.3) is 11.6 Å². The van der Waals surface area contributed by atoms with E-state index in [1.807, 2.05) is 0 Å². The van der Waals surface area contributed by atoms with E-state index in [2.05, 4.69) is 0 Å². The summed E-state index contributed by atoms with van der Waals surface area (Å²) in [6.45, 7) is -0.0452. The molecule has 0 aliphatic heterocycles. The highest BCUT2D eigenvalue weighted by atomic mass is 35.5. The Kier molecular flexibility index (Phi) is 6.11. The largest absolute Gasteiger partial charge is 0.341 e. The van der Waals surface area contributed by atoms with Crippen molar-refractivity contribution in [2.45, 2.75) is 17.2 Å². The maximum Gasteiger partial charge on any atom is 0.341 e. The van der Waals surface area contributed by atoms with Gasteiger partial charge in [0.05, 0.1) is 9.82 Å². The van der Waals surface area contributed by atoms with Crippen molar-refractivity contribution in [3.63, 3.8) is 0 Å². The fraction of sp³-hybridized carbons (Fsp3) is 0.188. The molecular weight excluding hydrogens is 406 g/mol. The zero-order valence-corrected chi connectivity index (χ0v) is 15.4. The van der Waals surface area contributed by atoms with E-state index in [0.717, 1.165) is 24.3 Å². The van der Waals surface area contributed by atoms with Crippen molar-refractivity contribution in [1.82, 2.24) is 4.90 Å². The van der Waals surface area contributed by atoms with Crippen LogP contribution in [0.4, 0.5) is 14.5 Å². The van der Waals surface area contributed by atoms with Crippen LogP contribution in [-0.4, -0.2) is 37.0 Å². The van der Waals surface area contributed by atoms with Crippen LogP contribution in [0.15, 0.2) is 47.4 Å². The van der Waals surface area contributed by atoms with Crippen LogP contribution < -0.4 is 0 Å². The minimum absolute atomic E-state index is 0.0452. The summed E-state index contributed by atoms with van der Waals surface area (Å²) in [5.41, 5.74) is 0.225. The van der Waals surface area contributed by atoms with Crippen molar-refractivity contribution in [3.05, 3.63) is 68.7 Å². The highest BCUT2D eigenvalue weighted by Crippen LogP contribution is 2.24. The molecule has 2 aromatic carbocycles. The van der Waals surface area contributed by atoms with E-state index < -0.39 is 31.3 Å². The lowest BCUT2D eigenvalue weighted by atomic mass is 10.1. The summed E-state index contributed by atoms with van der Waals surface area (Å²) < 4.78 is 47.9. The highest BCUT2D eigenvalue weighted by Gasteiger charge is 2.26. The van der Waals surface area contributed by atoms with E-state index in [0.29, 0.717) is 5.56 Å². The maximum atomic E-state index is 12.5. The van der Waals surface area contributed by atoms with E-state index >= 15 is 0 Å². The standard InChI is InChI=1S/C16H13ClF2N2O5S/c1-20(9-11-8-12(21(23)24)4-7-14(11)17)15(22)10-2-5-13(6-3-10)27(25,26)16(18)19/h2-8,16H,9H2,1H3. The van der Waals surface area contributed by atoms with Crippen LogP contribution in [0.3, 0.4) is 0 Å². The summed E-state index contributed by atoms with van der Waals surface area (Å²) in [6, 6.07) is 7.88. The van der Waals surface area contributed by atoms with Gasteiger partial charge in [0.2, 0.25) is 9.84 Å². The number of nitro groups is 1. The smallest absolute Gasteiger partial charge is 0.337 e. The molecule has 0 spiro atoms. The number of hydrogen-bond donors (Lipinski definition) is 0. The predicted molar refractivity (Wildman–Crippen MR) is 93.5 cm³/mol. The lowest BCUT2D eigenvalue weighted by molar-refractivity contribution is -0.384. The van der Waals surface area contributed by atoms with Crippen molar-refractivity contribution in [1.29, 1.82) is 0 Å². The molecule has 11 heteroatoms. The Bertz CT molecular complexity index is 981. The molecule has 27 heavy (non-hydrogen) atoms. The first kappa shape index (κ1) is 20.7. The molecule has 0 heterocycles. The Morgan fingerprint density at radius 2 is 1.81 bits per heavy atom. The van der Waals surface area contributed by atoms with E-state index in [-0.39, 0.29) is 22.8 Å². The predicted octanol–water partition coefficient (Wildman–Crippen LogP) is 3.52. The molecule has 0 aliphatic rings. The third-order valence-electron chi connectivity index (χ3n) is 3.66. The number of carbonyl (C=O) groups excluding carboxylic acids is 1. The summed E-state index contributed by atoms with van der Waals surface area (Å²) >= 11 is 6.00. The molecule has 0 fully saturated rings. The molecule has 0 bridgehead atoms. The second-order valence-electron chi connectivity index (χ2n) is 5.52. The zero-order valence-electron chi connectivity index (χ0n) is 13.8. The normalized spacial score (nSPS) is 11.4. The second kappa shape index (κ2) is 7.97. The third kappa shape index (κ3) is 4.58. The fourth-order valence-corrected chi connectivity index (χ4v) is 3.13. The van der Waals surface area contributed by atoms with Gasteiger partial charge in [0.15, 0.2) is 0 Å². The SMILES string of the molecule is CN(Cc1cc([N+](=O)[O-])ccc1Cl)C(=O)c1ccc(S(=O)(=O)C(F)F)cc1. The van der Waals surface area contributed by atoms with Gasteiger partial charge in [-0.15, -0.1) is 0 Å². The van der Waals surface area contributed by atoms with Crippen molar-refractivity contribution in [3.8, 4) is 0 Å². The summed E-state index contributed by atoms with van der Waals surface area (Å²) in [7, 11) is -3.33. The highest BCUT2D eigenvalue weighted by molar-refractivity contribution is 7.91. The van der Waals surface area contributed by atoms with E-state index in [1.54, 1.807) is 0 Å². The molecule has 0 aromatic heterocycles. The molecule has 2 rings (SSSR count). The van der Waals surface area contributed by atoms with Gasteiger partial charge in [-0.2, -0.15) is 8.78 Å². The minimum Gasteiger partial charge on any atom is -0.337 e. The number of hydrogen-bond acceptors (Lipinski definition) is 5. The minimum atomic E-state index is -4.75. The molecule has 0 saturated carbocycles. The second-order valence-corrected chi connectivity index (χ2v) is 7.85. The van der Waals surface area contributed by atoms with E-state index in [9.17, 15) is 32.1 Å². The molecular formula is C16H13ClF2N2O5S. The summed E-state index contributed by atoms with van der Waals surface area (Å²) in [4.78, 5) is 23.3. The monoisotopic (exact) mass is 418 g/mol. The lowest BCUT2D eigenvalue weighted by Gasteiger charge is -2.18. The van der Waals surface area contributed by atoms with Crippen LogP contribution in [0, 0.1) is 10.1 Å². The molecule has 0 radical (unpaired) electrons. The van der Waals surface area contributed by atoms with Crippen molar-refractivity contribution >= 4 is 33.0 Å². The number of non-ortho nitro benzene ring substituents is 1. The number of alkyl halides is 2. The van der Waals surface area contributed by atoms with Gasteiger partial charge in [-0.05, 0) is 35.9 Å². The van der Waals surface area contributed by atoms with Crippen LogP contribution in [0.5, 0.6) is 0 Å². The molecule has 0 N–H and O–H groups in total. The molecule has 0 unspecified atom stereocenters. The Morgan fingerprint density at radius 3 is 2.33 bits per heavy atom. The molecule has 1 amide bonds. The number of carbonyl (C=O) groups is 1. The van der Waals surface area contributed by atoms with Crippen LogP contribution in [-0.2, 0) is 16.4 Å². The first-order valence-electron chi connectivity index (χ1n) is 7.34. The van der Waals surface area contributed by atoms with Gasteiger partial charge < -0.3 is 4.90 Å². The van der Waals surface area contributed by atoms with Crippen molar-refractivity contribution < 1.29 is 26.9 Å². The molecule has 7 nitrogen and oxygen atoms in total. The number of rotatable bonds is 6. The molecule has 144 valence electrons. The van der Waals surface area contributed by atoms with Gasteiger partial charge in [-0.1, -0.05) is 11.6 Å². The number of nitro benzene ring substituents is 1. The van der Waals surface area contributed by atoms with Crippen LogP contribution in [0.2, 0.25) is 5.02 Å². The van der Waals surface area contributed by atoms with Crippen molar-refractivity contribution in [2.24, 2.45) is 0 Å². The number of benzene rings is 2. The molecule has 0 saturated heterocycles. The lowest BCUT2D eigenvalue weighted by Crippen LogP contribution is -2.26. The average Bonchev–Trinajstić information content (AvgIpc) is 2.62. The van der Waals surface area contributed by atoms with Gasteiger partial charge in [-0.3, -0.25) is 14.9 Å². The maximum absolute atomic E-state index is 12.5. The van der Waals surface area contributed by atoms with Crippen LogP contribution in [0.1, 0.15) is 15.9 Å².